The zero-order valence-electron chi connectivity index (χ0n) is 5.51. The first-order chi connectivity index (χ1) is 5.11. The van der Waals surface area contributed by atoms with Crippen LogP contribution in [-0.4, -0.2) is 20.4 Å². The van der Waals surface area contributed by atoms with E-state index in [0.29, 0.717) is 0 Å². The van der Waals surface area contributed by atoms with Gasteiger partial charge >= 0.3 is 0 Å². The minimum absolute atomic E-state index is 0.117. The standard InChI is InChI=1S/C6H8O5/c7-5(8)3-1-2-4(11-3)6(9)10/h1-2,5-10H/i7+2,8+2,9+2. The lowest BCUT2D eigenvalue weighted by atomic mass is 10.4. The molecule has 11 heavy (non-hydrogen) atoms. The Kier molecular flexibility index (Phi) is 2.25. The summed E-state index contributed by atoms with van der Waals surface area (Å²) in [6.45, 7) is 0. The molecule has 0 aliphatic rings. The van der Waals surface area contributed by atoms with E-state index < -0.39 is 12.6 Å². The second-order valence-corrected chi connectivity index (χ2v) is 1.99. The van der Waals surface area contributed by atoms with Gasteiger partial charge in [-0.3, -0.25) is 0 Å². The van der Waals surface area contributed by atoms with E-state index in [0.717, 1.165) is 0 Å². The average molecular weight is 166 g/mol. The van der Waals surface area contributed by atoms with Crippen LogP contribution >= 0.6 is 0 Å². The third-order valence-corrected chi connectivity index (χ3v) is 1.16. The van der Waals surface area contributed by atoms with E-state index in [9.17, 15) is 0 Å². The Morgan fingerprint density at radius 3 is 2.00 bits per heavy atom. The van der Waals surface area contributed by atoms with Gasteiger partial charge in [-0.2, -0.15) is 0 Å². The van der Waals surface area contributed by atoms with E-state index in [4.69, 9.17) is 20.4 Å². The number of aliphatic hydroxyl groups excluding tert-OH is 2. The lowest BCUT2D eigenvalue weighted by molar-refractivity contribution is -0.0758. The van der Waals surface area contributed by atoms with Gasteiger partial charge in [-0.25, -0.2) is 0 Å². The predicted octanol–water partition coefficient (Wildman–Crippen LogP) is -0.754. The van der Waals surface area contributed by atoms with Crippen LogP contribution < -0.4 is 0 Å². The molecule has 0 aliphatic carbocycles. The highest BCUT2D eigenvalue weighted by Gasteiger charge is 2.12. The first-order valence-electron chi connectivity index (χ1n) is 2.93. The summed E-state index contributed by atoms with van der Waals surface area (Å²) >= 11 is 0. The summed E-state index contributed by atoms with van der Waals surface area (Å²) < 4.78 is 4.61. The van der Waals surface area contributed by atoms with Crippen LogP contribution in [0.1, 0.15) is 24.1 Å². The third-order valence-electron chi connectivity index (χ3n) is 1.16. The minimum atomic E-state index is -1.72. The molecule has 0 radical (unpaired) electrons. The Bertz CT molecular complexity index is 204. The highest BCUT2D eigenvalue weighted by molar-refractivity contribution is 5.08. The Balaban J connectivity index is 2.82. The second kappa shape index (κ2) is 3.02. The molecule has 0 aromatic carbocycles. The molecule has 0 spiro atoms. The molecule has 0 saturated heterocycles. The van der Waals surface area contributed by atoms with Crippen LogP contribution in [0.3, 0.4) is 0 Å². The lowest BCUT2D eigenvalue weighted by Crippen LogP contribution is -1.93. The fourth-order valence-electron chi connectivity index (χ4n) is 0.646. The summed E-state index contributed by atoms with van der Waals surface area (Å²) in [7, 11) is 0. The van der Waals surface area contributed by atoms with Gasteiger partial charge in [-0.05, 0) is 12.1 Å². The van der Waals surface area contributed by atoms with Crippen molar-refractivity contribution in [2.45, 2.75) is 12.6 Å². The molecule has 4 N–H and O–H groups in total. The maximum absolute atomic E-state index is 8.52. The van der Waals surface area contributed by atoms with Crippen molar-refractivity contribution in [3.8, 4) is 0 Å². The zero-order chi connectivity index (χ0) is 8.43. The van der Waals surface area contributed by atoms with Gasteiger partial charge in [0.1, 0.15) is 0 Å². The summed E-state index contributed by atoms with van der Waals surface area (Å²) in [5.41, 5.74) is 0. The topological polar surface area (TPSA) is 94.1 Å². The Hall–Kier alpha value is -0.880. The van der Waals surface area contributed by atoms with Crippen LogP contribution in [0, 0.1) is 0 Å². The van der Waals surface area contributed by atoms with Gasteiger partial charge in [0, 0.05) is 0 Å². The van der Waals surface area contributed by atoms with Crippen molar-refractivity contribution >= 4 is 0 Å². The molecule has 62 valence electrons. The number of hydrogen-bond acceptors (Lipinski definition) is 5. The van der Waals surface area contributed by atoms with Gasteiger partial charge in [0.2, 0.25) is 12.6 Å². The van der Waals surface area contributed by atoms with Crippen molar-refractivity contribution in [3.63, 3.8) is 0 Å². The van der Waals surface area contributed by atoms with Gasteiger partial charge in [0.25, 0.3) is 0 Å². The number of hydrogen-bond donors (Lipinski definition) is 4. The third kappa shape index (κ3) is 1.78. The van der Waals surface area contributed by atoms with Crippen molar-refractivity contribution in [3.05, 3.63) is 23.7 Å². The molecule has 1 rings (SSSR count). The molecule has 1 atom stereocenters. The van der Waals surface area contributed by atoms with Crippen LogP contribution in [0.5, 0.6) is 0 Å². The molecule has 0 fully saturated rings. The monoisotopic (exact) mass is 166 g/mol. The highest BCUT2D eigenvalue weighted by atomic mass is 18.3. The maximum atomic E-state index is 8.52. The molecule has 5 heteroatoms. The lowest BCUT2D eigenvalue weighted by Gasteiger charge is -1.98. The van der Waals surface area contributed by atoms with Gasteiger partial charge in [0.15, 0.2) is 11.5 Å². The van der Waals surface area contributed by atoms with Crippen molar-refractivity contribution in [1.82, 2.24) is 0 Å². The highest BCUT2D eigenvalue weighted by Crippen LogP contribution is 2.17. The number of rotatable bonds is 2. The van der Waals surface area contributed by atoms with E-state index in [1.54, 1.807) is 0 Å². The summed E-state index contributed by atoms with van der Waals surface area (Å²) in [6.07, 6.45) is -3.44. The molecule has 0 aliphatic heterocycles. The average Bonchev–Trinajstić information content (AvgIpc) is 2.33. The SMILES string of the molecule is OC([18OH])c1ccc(C([18OH])[18OH])o1. The van der Waals surface area contributed by atoms with Gasteiger partial charge in [-0.1, -0.05) is 0 Å². The number of furan rings is 1. The second-order valence-electron chi connectivity index (χ2n) is 1.99. The van der Waals surface area contributed by atoms with E-state index in [1.807, 2.05) is 0 Å². The van der Waals surface area contributed by atoms with E-state index in [1.165, 1.54) is 12.1 Å². The van der Waals surface area contributed by atoms with Gasteiger partial charge in [-0.15, -0.1) is 0 Å². The van der Waals surface area contributed by atoms with Crippen molar-refractivity contribution in [2.24, 2.45) is 0 Å². The van der Waals surface area contributed by atoms with Crippen molar-refractivity contribution in [2.75, 3.05) is 0 Å². The van der Waals surface area contributed by atoms with E-state index >= 15 is 0 Å². The quantitative estimate of drug-likeness (QED) is 0.342. The molecule has 1 aromatic rings. The summed E-state index contributed by atoms with van der Waals surface area (Å²) in [5, 5.41) is 34.1. The molecule has 1 aromatic heterocycles. The molecule has 5 nitrogen and oxygen atoms in total. The predicted molar refractivity (Wildman–Crippen MR) is 33.1 cm³/mol. The fraction of sp³-hybridized carbons (Fsp3) is 0.333. The normalized spacial score (nSPS) is 13.9. The van der Waals surface area contributed by atoms with Crippen LogP contribution in [0.4, 0.5) is 0 Å². The Morgan fingerprint density at radius 1 is 1.18 bits per heavy atom. The molecule has 0 bridgehead atoms. The first kappa shape index (κ1) is 8.22. The molecular weight excluding hydrogens is 158 g/mol. The Morgan fingerprint density at radius 2 is 1.73 bits per heavy atom. The molecule has 0 amide bonds. The van der Waals surface area contributed by atoms with Crippen molar-refractivity contribution < 1.29 is 24.8 Å². The molecule has 0 saturated carbocycles. The maximum Gasteiger partial charge on any atom is 0.212 e. The number of aliphatic hydroxyl groups is 4. The smallest absolute Gasteiger partial charge is 0.212 e. The van der Waals surface area contributed by atoms with Crippen molar-refractivity contribution in [1.29, 1.82) is 0 Å². The van der Waals surface area contributed by atoms with E-state index in [2.05, 4.69) is 4.42 Å². The zero-order valence-corrected chi connectivity index (χ0v) is 5.51. The summed E-state index contributed by atoms with van der Waals surface area (Å²) in [6, 6.07) is 2.50. The Labute approximate surface area is 62.1 Å². The van der Waals surface area contributed by atoms with E-state index in [-0.39, 0.29) is 11.5 Å². The molecule has 1 unspecified atom stereocenters. The van der Waals surface area contributed by atoms with Crippen LogP contribution in [0.2, 0.25) is 0 Å². The minimum Gasteiger partial charge on any atom is -0.455 e. The van der Waals surface area contributed by atoms with Gasteiger partial charge < -0.3 is 24.8 Å². The van der Waals surface area contributed by atoms with Gasteiger partial charge in [0.05, 0.1) is 0 Å². The van der Waals surface area contributed by atoms with Crippen LogP contribution in [-0.2, 0) is 0 Å². The first-order valence-corrected chi connectivity index (χ1v) is 2.93. The largest absolute Gasteiger partial charge is 0.455 e. The summed E-state index contributed by atoms with van der Waals surface area (Å²) in [5.74, 6) is -0.235. The van der Waals surface area contributed by atoms with Crippen LogP contribution in [0.15, 0.2) is 16.5 Å². The van der Waals surface area contributed by atoms with Crippen LogP contribution in [0.25, 0.3) is 0 Å². The fourth-order valence-corrected chi connectivity index (χ4v) is 0.646. The molecule has 1 heterocycles. The molecular formula is C6H8O5. The summed E-state index contributed by atoms with van der Waals surface area (Å²) in [4.78, 5) is 0.